The van der Waals surface area contributed by atoms with Gasteiger partial charge in [-0.1, -0.05) is 30.3 Å². The van der Waals surface area contributed by atoms with Crippen LogP contribution in [0.15, 0.2) is 30.3 Å². The molecular weight excluding hydrogens is 290 g/mol. The lowest BCUT2D eigenvalue weighted by Crippen LogP contribution is -2.53. The van der Waals surface area contributed by atoms with Gasteiger partial charge in [0.2, 0.25) is 0 Å². The highest BCUT2D eigenvalue weighted by Gasteiger charge is 2.31. The summed E-state index contributed by atoms with van der Waals surface area (Å²) in [6.45, 7) is 4.63. The minimum Gasteiger partial charge on any atom is -0.392 e. The van der Waals surface area contributed by atoms with E-state index in [0.717, 1.165) is 39.1 Å². The van der Waals surface area contributed by atoms with Crippen LogP contribution in [0, 0.1) is 5.92 Å². The lowest BCUT2D eigenvalue weighted by atomic mass is 10.1. The summed E-state index contributed by atoms with van der Waals surface area (Å²) in [5, 5.41) is 13.0. The van der Waals surface area contributed by atoms with E-state index >= 15 is 0 Å². The van der Waals surface area contributed by atoms with E-state index in [4.69, 9.17) is 0 Å². The molecule has 1 heterocycles. The van der Waals surface area contributed by atoms with E-state index in [0.29, 0.717) is 12.5 Å². The highest BCUT2D eigenvalue weighted by atomic mass is 16.3. The molecule has 0 bridgehead atoms. The van der Waals surface area contributed by atoms with Crippen molar-refractivity contribution in [2.24, 2.45) is 5.92 Å². The first-order valence-electron chi connectivity index (χ1n) is 8.69. The summed E-state index contributed by atoms with van der Waals surface area (Å²) in [4.78, 5) is 16.3. The average Bonchev–Trinajstić information content (AvgIpc) is 3.41. The number of carbonyl (C=O) groups is 1. The van der Waals surface area contributed by atoms with Crippen molar-refractivity contribution in [1.82, 2.24) is 15.1 Å². The molecule has 3 rings (SSSR count). The predicted molar refractivity (Wildman–Crippen MR) is 90.3 cm³/mol. The molecular formula is C18H27N3O2. The van der Waals surface area contributed by atoms with E-state index in [-0.39, 0.29) is 12.1 Å². The number of aliphatic hydroxyl groups is 1. The Morgan fingerprint density at radius 3 is 2.52 bits per heavy atom. The summed E-state index contributed by atoms with van der Waals surface area (Å²) in [5.74, 6) is 0.523. The highest BCUT2D eigenvalue weighted by Crippen LogP contribution is 2.32. The second-order valence-electron chi connectivity index (χ2n) is 6.66. The highest BCUT2D eigenvalue weighted by molar-refractivity contribution is 5.74. The summed E-state index contributed by atoms with van der Waals surface area (Å²) in [6.07, 6.45) is 3.02. The van der Waals surface area contributed by atoms with Crippen LogP contribution < -0.4 is 5.32 Å². The third-order valence-corrected chi connectivity index (χ3v) is 4.80. The van der Waals surface area contributed by atoms with Crippen LogP contribution in [-0.2, 0) is 6.42 Å². The molecule has 5 nitrogen and oxygen atoms in total. The Morgan fingerprint density at radius 1 is 1.17 bits per heavy atom. The molecule has 2 fully saturated rings. The number of nitrogens with zero attached hydrogens (tertiary/aromatic N) is 2. The van der Waals surface area contributed by atoms with Gasteiger partial charge in [-0.2, -0.15) is 0 Å². The number of nitrogens with one attached hydrogen (secondary N) is 1. The van der Waals surface area contributed by atoms with Gasteiger partial charge in [0.25, 0.3) is 0 Å². The maximum absolute atomic E-state index is 12.2. The number of piperazine rings is 1. The Labute approximate surface area is 138 Å². The van der Waals surface area contributed by atoms with Gasteiger partial charge >= 0.3 is 6.03 Å². The molecule has 0 unspecified atom stereocenters. The van der Waals surface area contributed by atoms with Gasteiger partial charge in [0.1, 0.15) is 0 Å². The van der Waals surface area contributed by atoms with E-state index < -0.39 is 0 Å². The monoisotopic (exact) mass is 317 g/mol. The molecule has 0 spiro atoms. The van der Waals surface area contributed by atoms with E-state index in [9.17, 15) is 9.90 Å². The van der Waals surface area contributed by atoms with Crippen LogP contribution in [0.2, 0.25) is 0 Å². The van der Waals surface area contributed by atoms with Crippen LogP contribution >= 0.6 is 0 Å². The quantitative estimate of drug-likeness (QED) is 0.832. The van der Waals surface area contributed by atoms with Crippen molar-refractivity contribution in [3.8, 4) is 0 Å². The molecule has 2 N–H and O–H groups in total. The summed E-state index contributed by atoms with van der Waals surface area (Å²) in [7, 11) is 0. The number of rotatable bonds is 6. The van der Waals surface area contributed by atoms with Crippen LogP contribution in [-0.4, -0.2) is 66.3 Å². The fraction of sp³-hybridized carbons (Fsp3) is 0.611. The number of urea groups is 1. The molecule has 1 aliphatic heterocycles. The van der Waals surface area contributed by atoms with Crippen LogP contribution in [0.5, 0.6) is 0 Å². The maximum atomic E-state index is 12.2. The van der Waals surface area contributed by atoms with Crippen molar-refractivity contribution < 1.29 is 9.90 Å². The molecule has 0 radical (unpaired) electrons. The van der Waals surface area contributed by atoms with Gasteiger partial charge in [-0.05, 0) is 30.7 Å². The zero-order valence-corrected chi connectivity index (χ0v) is 13.7. The Morgan fingerprint density at radius 2 is 1.87 bits per heavy atom. The Hall–Kier alpha value is -1.59. The fourth-order valence-corrected chi connectivity index (χ4v) is 3.10. The molecule has 126 valence electrons. The molecule has 0 aromatic heterocycles. The Bertz CT molecular complexity index is 496. The first-order valence-corrected chi connectivity index (χ1v) is 8.69. The number of amides is 2. The van der Waals surface area contributed by atoms with Gasteiger partial charge in [-0.25, -0.2) is 4.79 Å². The van der Waals surface area contributed by atoms with Gasteiger partial charge < -0.3 is 15.3 Å². The second-order valence-corrected chi connectivity index (χ2v) is 6.66. The van der Waals surface area contributed by atoms with Gasteiger partial charge in [0.05, 0.1) is 6.10 Å². The molecule has 1 saturated carbocycles. The number of hydrogen-bond donors (Lipinski definition) is 2. The van der Waals surface area contributed by atoms with Crippen molar-refractivity contribution >= 4 is 6.03 Å². The largest absolute Gasteiger partial charge is 0.392 e. The third kappa shape index (κ3) is 4.94. The number of aliphatic hydroxyl groups excluding tert-OH is 1. The second kappa shape index (κ2) is 7.79. The smallest absolute Gasteiger partial charge is 0.317 e. The molecule has 5 heteroatoms. The van der Waals surface area contributed by atoms with Gasteiger partial charge in [-0.3, -0.25) is 4.90 Å². The zero-order valence-electron chi connectivity index (χ0n) is 13.7. The van der Waals surface area contributed by atoms with Crippen LogP contribution in [0.25, 0.3) is 0 Å². The van der Waals surface area contributed by atoms with Crippen molar-refractivity contribution in [2.45, 2.75) is 25.4 Å². The minimum atomic E-state index is -0.179. The lowest BCUT2D eigenvalue weighted by molar-refractivity contribution is 0.0697. The van der Waals surface area contributed by atoms with E-state index in [1.807, 2.05) is 23.1 Å². The lowest BCUT2D eigenvalue weighted by Gasteiger charge is -2.35. The topological polar surface area (TPSA) is 55.8 Å². The summed E-state index contributed by atoms with van der Waals surface area (Å²) in [6, 6.07) is 10.2. The predicted octanol–water partition coefficient (Wildman–Crippen LogP) is 1.33. The third-order valence-electron chi connectivity index (χ3n) is 4.80. The Kier molecular flexibility index (Phi) is 5.51. The van der Waals surface area contributed by atoms with Crippen molar-refractivity contribution in [3.05, 3.63) is 35.9 Å². The molecule has 1 saturated heterocycles. The number of hydrogen-bond acceptors (Lipinski definition) is 3. The van der Waals surface area contributed by atoms with Gasteiger partial charge in [0.15, 0.2) is 0 Å². The number of carbonyl (C=O) groups excluding carboxylic acids is 1. The maximum Gasteiger partial charge on any atom is 0.317 e. The summed E-state index contributed by atoms with van der Waals surface area (Å²) < 4.78 is 0. The van der Waals surface area contributed by atoms with Crippen LogP contribution in [0.1, 0.15) is 18.4 Å². The first-order chi connectivity index (χ1) is 11.2. The molecule has 1 aromatic rings. The molecule has 1 aliphatic carbocycles. The zero-order chi connectivity index (χ0) is 16.1. The van der Waals surface area contributed by atoms with Crippen molar-refractivity contribution in [2.75, 3.05) is 39.3 Å². The van der Waals surface area contributed by atoms with Gasteiger partial charge in [0, 0.05) is 39.3 Å². The molecule has 2 amide bonds. The van der Waals surface area contributed by atoms with E-state index in [2.05, 4.69) is 22.3 Å². The molecule has 23 heavy (non-hydrogen) atoms. The minimum absolute atomic E-state index is 0.0309. The molecule has 1 aromatic carbocycles. The standard InChI is InChI=1S/C18H27N3O2/c22-17(16-6-7-16)14-20-10-12-21(13-11-20)18(23)19-9-8-15-4-2-1-3-5-15/h1-5,16-17,22H,6-14H2,(H,19,23)/t17-/m1/s1. The summed E-state index contributed by atoms with van der Waals surface area (Å²) in [5.41, 5.74) is 1.24. The number of benzene rings is 1. The first kappa shape index (κ1) is 16.3. The van der Waals surface area contributed by atoms with Crippen molar-refractivity contribution in [1.29, 1.82) is 0 Å². The Balaban J connectivity index is 1.33. The fourth-order valence-electron chi connectivity index (χ4n) is 3.10. The molecule has 1 atom stereocenters. The summed E-state index contributed by atoms with van der Waals surface area (Å²) >= 11 is 0. The van der Waals surface area contributed by atoms with Crippen molar-refractivity contribution in [3.63, 3.8) is 0 Å². The number of β-amino-alcohol motifs (C(OH)–C–C–N with tert-alkyl or cyclic N) is 1. The molecule has 2 aliphatic rings. The normalized spacial score (nSPS) is 20.3. The van der Waals surface area contributed by atoms with E-state index in [1.165, 1.54) is 18.4 Å². The van der Waals surface area contributed by atoms with Crippen LogP contribution in [0.4, 0.5) is 4.79 Å². The average molecular weight is 317 g/mol. The van der Waals surface area contributed by atoms with Gasteiger partial charge in [-0.15, -0.1) is 0 Å². The van der Waals surface area contributed by atoms with Crippen LogP contribution in [0.3, 0.4) is 0 Å². The SMILES string of the molecule is O=C(NCCc1ccccc1)N1CCN(C[C@@H](O)C2CC2)CC1. The van der Waals surface area contributed by atoms with E-state index in [1.54, 1.807) is 0 Å².